The molecule has 0 spiro atoms. The van der Waals surface area contributed by atoms with E-state index in [1.807, 2.05) is 30.3 Å². The Morgan fingerprint density at radius 3 is 2.15 bits per heavy atom. The van der Waals surface area contributed by atoms with E-state index < -0.39 is 35.5 Å². The van der Waals surface area contributed by atoms with Crippen LogP contribution < -0.4 is 5.73 Å². The van der Waals surface area contributed by atoms with Crippen LogP contribution in [0.15, 0.2) is 30.3 Å². The van der Waals surface area contributed by atoms with E-state index in [1.165, 1.54) is 25.8 Å². The number of esters is 1. The number of carbonyl (C=O) groups is 3. The van der Waals surface area contributed by atoms with Gasteiger partial charge in [-0.2, -0.15) is 0 Å². The van der Waals surface area contributed by atoms with Gasteiger partial charge in [-0.25, -0.2) is 4.79 Å². The van der Waals surface area contributed by atoms with Crippen molar-refractivity contribution in [3.8, 4) is 0 Å². The molecule has 0 saturated carbocycles. The predicted octanol–water partition coefficient (Wildman–Crippen LogP) is 1.45. The van der Waals surface area contributed by atoms with Gasteiger partial charge in [0, 0.05) is 20.4 Å². The van der Waals surface area contributed by atoms with Gasteiger partial charge in [-0.05, 0) is 18.4 Å². The van der Waals surface area contributed by atoms with Crippen LogP contribution in [0.5, 0.6) is 0 Å². The first-order valence-electron chi connectivity index (χ1n) is 8.51. The van der Waals surface area contributed by atoms with Crippen molar-refractivity contribution < 1.29 is 24.2 Å². The molecular weight excluding hydrogens is 336 g/mol. The summed E-state index contributed by atoms with van der Waals surface area (Å²) in [5, 5.41) is 10.0. The van der Waals surface area contributed by atoms with E-state index >= 15 is 0 Å². The van der Waals surface area contributed by atoms with Crippen molar-refractivity contribution in [2.24, 2.45) is 11.7 Å². The second-order valence-electron chi connectivity index (χ2n) is 6.78. The van der Waals surface area contributed by atoms with Crippen molar-refractivity contribution in [2.75, 3.05) is 7.05 Å². The Bertz CT molecular complexity index is 647. The first-order chi connectivity index (χ1) is 12.0. The van der Waals surface area contributed by atoms with Gasteiger partial charge in [0.25, 0.3) is 0 Å². The van der Waals surface area contributed by atoms with Gasteiger partial charge in [-0.1, -0.05) is 44.2 Å². The van der Waals surface area contributed by atoms with Gasteiger partial charge < -0.3 is 20.5 Å². The Kier molecular flexibility index (Phi) is 7.32. The van der Waals surface area contributed by atoms with Crippen LogP contribution in [0.25, 0.3) is 0 Å². The van der Waals surface area contributed by atoms with Gasteiger partial charge in [0.15, 0.2) is 0 Å². The number of benzene rings is 1. The van der Waals surface area contributed by atoms with Gasteiger partial charge in [0.2, 0.25) is 5.91 Å². The Morgan fingerprint density at radius 2 is 1.73 bits per heavy atom. The molecule has 0 radical (unpaired) electrons. The smallest absolute Gasteiger partial charge is 0.330 e. The summed E-state index contributed by atoms with van der Waals surface area (Å²) in [5.74, 6) is -2.64. The summed E-state index contributed by atoms with van der Waals surface area (Å²) in [6.45, 7) is 6.24. The fourth-order valence-electron chi connectivity index (χ4n) is 3.04. The summed E-state index contributed by atoms with van der Waals surface area (Å²) in [6.07, 6.45) is -0.726. The van der Waals surface area contributed by atoms with Crippen molar-refractivity contribution in [2.45, 2.75) is 51.8 Å². The number of carboxylic acid groups (broad SMARTS) is 1. The summed E-state index contributed by atoms with van der Waals surface area (Å²) in [4.78, 5) is 37.4. The van der Waals surface area contributed by atoms with Gasteiger partial charge in [0.05, 0.1) is 0 Å². The first kappa shape index (κ1) is 21.6. The lowest BCUT2D eigenvalue weighted by Crippen LogP contribution is -2.64. The fraction of sp³-hybridized carbons (Fsp3) is 0.526. The van der Waals surface area contributed by atoms with Crippen molar-refractivity contribution in [1.82, 2.24) is 4.90 Å². The summed E-state index contributed by atoms with van der Waals surface area (Å²) in [6, 6.07) is 7.96. The van der Waals surface area contributed by atoms with Crippen LogP contribution in [-0.2, 0) is 25.5 Å². The lowest BCUT2D eigenvalue weighted by atomic mass is 9.79. The van der Waals surface area contributed by atoms with Crippen LogP contribution in [0.1, 0.15) is 33.3 Å². The molecule has 1 rings (SSSR count). The van der Waals surface area contributed by atoms with Gasteiger partial charge in [-0.3, -0.25) is 9.59 Å². The molecule has 0 fully saturated rings. The zero-order chi connectivity index (χ0) is 20.1. The molecular formula is C19H28N2O5. The number of amides is 1. The molecule has 1 amide bonds. The van der Waals surface area contributed by atoms with E-state index in [1.54, 1.807) is 13.8 Å². The average molecular weight is 364 g/mol. The van der Waals surface area contributed by atoms with E-state index in [9.17, 15) is 19.5 Å². The SMILES string of the molecule is CC(=O)OC(C)C(N)C(=O)N(C)[C@](Cc1ccccc1)(C(=O)O)C(C)C. The molecule has 0 saturated heterocycles. The highest BCUT2D eigenvalue weighted by Gasteiger charge is 2.49. The van der Waals surface area contributed by atoms with Crippen molar-refractivity contribution in [3.05, 3.63) is 35.9 Å². The Hall–Kier alpha value is -2.41. The molecule has 1 aromatic rings. The molecule has 144 valence electrons. The predicted molar refractivity (Wildman–Crippen MR) is 97.3 cm³/mol. The van der Waals surface area contributed by atoms with Crippen molar-refractivity contribution in [1.29, 1.82) is 0 Å². The molecule has 3 atom stereocenters. The minimum atomic E-state index is -1.48. The van der Waals surface area contributed by atoms with E-state index in [4.69, 9.17) is 10.5 Å². The zero-order valence-electron chi connectivity index (χ0n) is 15.9. The lowest BCUT2D eigenvalue weighted by Gasteiger charge is -2.43. The molecule has 7 heteroatoms. The fourth-order valence-corrected chi connectivity index (χ4v) is 3.04. The maximum absolute atomic E-state index is 12.9. The number of nitrogens with zero attached hydrogens (tertiary/aromatic N) is 1. The molecule has 0 aliphatic rings. The van der Waals surface area contributed by atoms with Gasteiger partial charge in [-0.15, -0.1) is 0 Å². The lowest BCUT2D eigenvalue weighted by molar-refractivity contribution is -0.164. The van der Waals surface area contributed by atoms with Crippen LogP contribution in [0.4, 0.5) is 0 Å². The topological polar surface area (TPSA) is 110 Å². The number of hydrogen-bond donors (Lipinski definition) is 2. The molecule has 26 heavy (non-hydrogen) atoms. The standard InChI is InChI=1S/C19H28N2O5/c1-12(2)19(18(24)25,11-15-9-7-6-8-10-15)21(5)17(23)16(20)13(3)26-14(4)22/h6-10,12-13,16H,11,20H2,1-5H3,(H,24,25)/t13?,16?,19-/m0/s1. The number of carboxylic acids is 1. The summed E-state index contributed by atoms with van der Waals surface area (Å²) in [5.41, 5.74) is 5.25. The molecule has 0 aliphatic heterocycles. The first-order valence-corrected chi connectivity index (χ1v) is 8.51. The highest BCUT2D eigenvalue weighted by atomic mass is 16.5. The van der Waals surface area contributed by atoms with Crippen LogP contribution in [0, 0.1) is 5.92 Å². The average Bonchev–Trinajstić information content (AvgIpc) is 2.57. The molecule has 0 aliphatic carbocycles. The highest BCUT2D eigenvalue weighted by Crippen LogP contribution is 2.30. The molecule has 0 aromatic heterocycles. The van der Waals surface area contributed by atoms with E-state index in [0.29, 0.717) is 0 Å². The van der Waals surface area contributed by atoms with Crippen LogP contribution in [0.3, 0.4) is 0 Å². The maximum Gasteiger partial charge on any atom is 0.330 e. The van der Waals surface area contributed by atoms with Crippen LogP contribution >= 0.6 is 0 Å². The molecule has 0 heterocycles. The third-order valence-electron chi connectivity index (χ3n) is 4.71. The Balaban J connectivity index is 3.22. The molecule has 2 unspecified atom stereocenters. The number of carbonyl (C=O) groups excluding carboxylic acids is 2. The number of aliphatic carboxylic acids is 1. The van der Waals surface area contributed by atoms with Gasteiger partial charge in [0.1, 0.15) is 17.7 Å². The second kappa shape index (κ2) is 8.80. The van der Waals surface area contributed by atoms with Crippen molar-refractivity contribution in [3.63, 3.8) is 0 Å². The Morgan fingerprint density at radius 1 is 1.19 bits per heavy atom. The van der Waals surface area contributed by atoms with Crippen LogP contribution in [0.2, 0.25) is 0 Å². The molecule has 1 aromatic carbocycles. The second-order valence-corrected chi connectivity index (χ2v) is 6.78. The quantitative estimate of drug-likeness (QED) is 0.676. The van der Waals surface area contributed by atoms with Gasteiger partial charge >= 0.3 is 11.9 Å². The maximum atomic E-state index is 12.9. The minimum Gasteiger partial charge on any atom is -0.479 e. The van der Waals surface area contributed by atoms with E-state index in [-0.39, 0.29) is 12.3 Å². The van der Waals surface area contributed by atoms with E-state index in [0.717, 1.165) is 5.56 Å². The third kappa shape index (κ3) is 4.60. The number of rotatable bonds is 8. The number of hydrogen-bond acceptors (Lipinski definition) is 5. The minimum absolute atomic E-state index is 0.137. The van der Waals surface area contributed by atoms with E-state index in [2.05, 4.69) is 0 Å². The molecule has 3 N–H and O–H groups in total. The summed E-state index contributed by atoms with van der Waals surface area (Å²) in [7, 11) is 1.43. The number of likely N-dealkylation sites (N-methyl/N-ethyl adjacent to an activating group) is 1. The molecule has 0 bridgehead atoms. The molecule has 7 nitrogen and oxygen atoms in total. The monoisotopic (exact) mass is 364 g/mol. The summed E-state index contributed by atoms with van der Waals surface area (Å²) < 4.78 is 4.98. The van der Waals surface area contributed by atoms with Crippen molar-refractivity contribution >= 4 is 17.8 Å². The number of ether oxygens (including phenoxy) is 1. The number of nitrogens with two attached hydrogens (primary N) is 1. The largest absolute Gasteiger partial charge is 0.479 e. The Labute approximate surface area is 154 Å². The zero-order valence-corrected chi connectivity index (χ0v) is 15.9. The highest BCUT2D eigenvalue weighted by molar-refractivity contribution is 5.90. The third-order valence-corrected chi connectivity index (χ3v) is 4.71. The van der Waals surface area contributed by atoms with Crippen LogP contribution in [-0.4, -0.2) is 52.6 Å². The summed E-state index contributed by atoms with van der Waals surface area (Å²) >= 11 is 0. The normalized spacial score (nSPS) is 15.7.